The van der Waals surface area contributed by atoms with Crippen LogP contribution in [0.25, 0.3) is 0 Å². The van der Waals surface area contributed by atoms with E-state index < -0.39 is 0 Å². The minimum Gasteiger partial charge on any atom is -0.368 e. The van der Waals surface area contributed by atoms with Crippen molar-refractivity contribution in [3.8, 4) is 0 Å². The number of urea groups is 1. The van der Waals surface area contributed by atoms with Crippen LogP contribution in [-0.4, -0.2) is 43.7 Å². The number of nitrogens with one attached hydrogen (secondary N) is 1. The molecule has 25 heavy (non-hydrogen) atoms. The molecule has 1 aliphatic rings. The SMILES string of the molecule is O=C(NCCc1cccc(Cl)c1)N1CCN(c2ccc(F)cc2)CC1. The van der Waals surface area contributed by atoms with E-state index in [2.05, 4.69) is 10.2 Å². The molecule has 0 unspecified atom stereocenters. The van der Waals surface area contributed by atoms with E-state index in [9.17, 15) is 9.18 Å². The second-order valence-corrected chi connectivity index (χ2v) is 6.50. The third kappa shape index (κ3) is 4.86. The molecule has 6 heteroatoms. The molecule has 2 amide bonds. The predicted octanol–water partition coefficient (Wildman–Crippen LogP) is 3.55. The molecule has 0 radical (unpaired) electrons. The predicted molar refractivity (Wildman–Crippen MR) is 98.7 cm³/mol. The topological polar surface area (TPSA) is 35.6 Å². The van der Waals surface area contributed by atoms with E-state index in [1.54, 1.807) is 12.1 Å². The number of carbonyl (C=O) groups is 1. The summed E-state index contributed by atoms with van der Waals surface area (Å²) in [4.78, 5) is 16.2. The first-order valence-corrected chi connectivity index (χ1v) is 8.77. The second kappa shape index (κ2) is 8.21. The smallest absolute Gasteiger partial charge is 0.317 e. The quantitative estimate of drug-likeness (QED) is 0.903. The van der Waals surface area contributed by atoms with Crippen LogP contribution in [0, 0.1) is 5.82 Å². The van der Waals surface area contributed by atoms with Gasteiger partial charge in [0.15, 0.2) is 0 Å². The average molecular weight is 362 g/mol. The van der Waals surface area contributed by atoms with Crippen LogP contribution >= 0.6 is 11.6 Å². The largest absolute Gasteiger partial charge is 0.368 e. The molecule has 2 aromatic rings. The van der Waals surface area contributed by atoms with Gasteiger partial charge in [-0.2, -0.15) is 0 Å². The van der Waals surface area contributed by atoms with E-state index in [4.69, 9.17) is 11.6 Å². The van der Waals surface area contributed by atoms with Crippen LogP contribution in [0.1, 0.15) is 5.56 Å². The van der Waals surface area contributed by atoms with E-state index >= 15 is 0 Å². The fraction of sp³-hybridized carbons (Fsp3) is 0.316. The van der Waals surface area contributed by atoms with Crippen molar-refractivity contribution in [2.45, 2.75) is 6.42 Å². The molecule has 0 aliphatic carbocycles. The van der Waals surface area contributed by atoms with Gasteiger partial charge >= 0.3 is 6.03 Å². The van der Waals surface area contributed by atoms with E-state index in [1.807, 2.05) is 29.2 Å². The number of piperazine rings is 1. The van der Waals surface area contributed by atoms with Crippen molar-refractivity contribution in [2.24, 2.45) is 0 Å². The van der Waals surface area contributed by atoms with Crippen molar-refractivity contribution in [1.82, 2.24) is 10.2 Å². The Kier molecular flexibility index (Phi) is 5.76. The summed E-state index contributed by atoms with van der Waals surface area (Å²) in [6.07, 6.45) is 0.752. The molecule has 0 bridgehead atoms. The second-order valence-electron chi connectivity index (χ2n) is 6.06. The summed E-state index contributed by atoms with van der Waals surface area (Å²) in [5.41, 5.74) is 2.09. The summed E-state index contributed by atoms with van der Waals surface area (Å²) >= 11 is 5.96. The van der Waals surface area contributed by atoms with Gasteiger partial charge in [0.1, 0.15) is 5.82 Å². The van der Waals surface area contributed by atoms with E-state index in [1.165, 1.54) is 12.1 Å². The Labute approximate surface area is 152 Å². The molecular formula is C19H21ClFN3O. The molecule has 3 rings (SSSR count). The molecule has 1 saturated heterocycles. The lowest BCUT2D eigenvalue weighted by Crippen LogP contribution is -2.52. The summed E-state index contributed by atoms with van der Waals surface area (Å²) in [6, 6.07) is 14.1. The van der Waals surface area contributed by atoms with Crippen LogP contribution in [0.5, 0.6) is 0 Å². The van der Waals surface area contributed by atoms with Gasteiger partial charge < -0.3 is 15.1 Å². The monoisotopic (exact) mass is 361 g/mol. The number of hydrogen-bond donors (Lipinski definition) is 1. The normalized spacial score (nSPS) is 14.5. The fourth-order valence-electron chi connectivity index (χ4n) is 2.94. The first kappa shape index (κ1) is 17.5. The highest BCUT2D eigenvalue weighted by atomic mass is 35.5. The molecule has 2 aromatic carbocycles. The number of rotatable bonds is 4. The van der Waals surface area contributed by atoms with Gasteiger partial charge in [-0.1, -0.05) is 23.7 Å². The zero-order valence-corrected chi connectivity index (χ0v) is 14.7. The Morgan fingerprint density at radius 1 is 1.08 bits per heavy atom. The van der Waals surface area contributed by atoms with Crippen molar-refractivity contribution >= 4 is 23.3 Å². The van der Waals surface area contributed by atoms with Crippen molar-refractivity contribution in [3.05, 3.63) is 64.9 Å². The highest BCUT2D eigenvalue weighted by molar-refractivity contribution is 6.30. The molecule has 1 heterocycles. The minimum atomic E-state index is -0.235. The lowest BCUT2D eigenvalue weighted by atomic mass is 10.1. The molecular weight excluding hydrogens is 341 g/mol. The van der Waals surface area contributed by atoms with Crippen LogP contribution in [0.4, 0.5) is 14.9 Å². The van der Waals surface area contributed by atoms with Crippen LogP contribution in [0.15, 0.2) is 48.5 Å². The number of carbonyl (C=O) groups excluding carboxylic acids is 1. The van der Waals surface area contributed by atoms with Crippen molar-refractivity contribution < 1.29 is 9.18 Å². The van der Waals surface area contributed by atoms with E-state index in [0.29, 0.717) is 24.7 Å². The lowest BCUT2D eigenvalue weighted by molar-refractivity contribution is 0.194. The van der Waals surface area contributed by atoms with Gasteiger partial charge in [-0.25, -0.2) is 9.18 Å². The number of hydrogen-bond acceptors (Lipinski definition) is 2. The Bertz CT molecular complexity index is 715. The number of benzene rings is 2. The van der Waals surface area contributed by atoms with Gasteiger partial charge in [0.2, 0.25) is 0 Å². The number of amides is 2. The van der Waals surface area contributed by atoms with Crippen molar-refractivity contribution in [2.75, 3.05) is 37.6 Å². The number of anilines is 1. The molecule has 4 nitrogen and oxygen atoms in total. The lowest BCUT2D eigenvalue weighted by Gasteiger charge is -2.36. The summed E-state index contributed by atoms with van der Waals surface area (Å²) in [5.74, 6) is -0.235. The molecule has 1 aliphatic heterocycles. The van der Waals surface area contributed by atoms with E-state index in [-0.39, 0.29) is 11.8 Å². The molecule has 0 aromatic heterocycles. The maximum absolute atomic E-state index is 13.0. The van der Waals surface area contributed by atoms with Gasteiger partial charge in [-0.15, -0.1) is 0 Å². The summed E-state index contributed by atoms with van der Waals surface area (Å²) in [5, 5.41) is 3.67. The number of halogens is 2. The summed E-state index contributed by atoms with van der Waals surface area (Å²) < 4.78 is 13.0. The van der Waals surface area contributed by atoms with Crippen LogP contribution < -0.4 is 10.2 Å². The molecule has 0 atom stereocenters. The summed E-state index contributed by atoms with van der Waals surface area (Å²) in [7, 11) is 0. The summed E-state index contributed by atoms with van der Waals surface area (Å²) in [6.45, 7) is 3.37. The standard InChI is InChI=1S/C19H21ClFN3O/c20-16-3-1-2-15(14-16)8-9-22-19(25)24-12-10-23(11-13-24)18-6-4-17(21)5-7-18/h1-7,14H,8-13H2,(H,22,25). The van der Waals surface area contributed by atoms with E-state index in [0.717, 1.165) is 30.8 Å². The Morgan fingerprint density at radius 2 is 1.80 bits per heavy atom. The zero-order valence-electron chi connectivity index (χ0n) is 13.9. The number of nitrogens with zero attached hydrogens (tertiary/aromatic N) is 2. The Balaban J connectivity index is 1.43. The molecule has 0 spiro atoms. The Morgan fingerprint density at radius 3 is 2.48 bits per heavy atom. The molecule has 132 valence electrons. The van der Waals surface area contributed by atoms with Crippen LogP contribution in [0.2, 0.25) is 5.02 Å². The highest BCUT2D eigenvalue weighted by Crippen LogP contribution is 2.17. The van der Waals surface area contributed by atoms with Gasteiger partial charge in [-0.3, -0.25) is 0 Å². The van der Waals surface area contributed by atoms with Crippen LogP contribution in [-0.2, 0) is 6.42 Å². The zero-order chi connectivity index (χ0) is 17.6. The third-order valence-corrected chi connectivity index (χ3v) is 4.57. The first-order chi connectivity index (χ1) is 12.1. The maximum Gasteiger partial charge on any atom is 0.317 e. The minimum absolute atomic E-state index is 0.0409. The van der Waals surface area contributed by atoms with Gasteiger partial charge in [0, 0.05) is 43.4 Å². The first-order valence-electron chi connectivity index (χ1n) is 8.39. The van der Waals surface area contributed by atoms with Crippen molar-refractivity contribution in [1.29, 1.82) is 0 Å². The van der Waals surface area contributed by atoms with Crippen molar-refractivity contribution in [3.63, 3.8) is 0 Å². The molecule has 1 N–H and O–H groups in total. The van der Waals surface area contributed by atoms with Crippen LogP contribution in [0.3, 0.4) is 0 Å². The third-order valence-electron chi connectivity index (χ3n) is 4.34. The average Bonchev–Trinajstić information content (AvgIpc) is 2.62. The maximum atomic E-state index is 13.0. The molecule has 0 saturated carbocycles. The fourth-order valence-corrected chi connectivity index (χ4v) is 3.15. The van der Waals surface area contributed by atoms with Gasteiger partial charge in [-0.05, 0) is 48.4 Å². The molecule has 1 fully saturated rings. The van der Waals surface area contributed by atoms with Gasteiger partial charge in [0.25, 0.3) is 0 Å². The van der Waals surface area contributed by atoms with Gasteiger partial charge in [0.05, 0.1) is 0 Å². The highest BCUT2D eigenvalue weighted by Gasteiger charge is 2.20. The Hall–Kier alpha value is -2.27.